The van der Waals surface area contributed by atoms with Crippen molar-refractivity contribution in [2.24, 2.45) is 5.73 Å². The van der Waals surface area contributed by atoms with Crippen molar-refractivity contribution in [1.82, 2.24) is 14.7 Å². The van der Waals surface area contributed by atoms with Gasteiger partial charge in [-0.3, -0.25) is 9.58 Å². The molecular formula is C14H28N4. The van der Waals surface area contributed by atoms with Crippen molar-refractivity contribution in [3.63, 3.8) is 0 Å². The van der Waals surface area contributed by atoms with Crippen molar-refractivity contribution in [1.29, 1.82) is 0 Å². The molecule has 1 aromatic heterocycles. The van der Waals surface area contributed by atoms with Crippen LogP contribution in [-0.2, 0) is 6.54 Å². The fourth-order valence-electron chi connectivity index (χ4n) is 2.22. The molecule has 1 heterocycles. The summed E-state index contributed by atoms with van der Waals surface area (Å²) in [6.07, 6.45) is 4.37. The van der Waals surface area contributed by atoms with Crippen LogP contribution in [-0.4, -0.2) is 33.8 Å². The molecule has 0 amide bonds. The lowest BCUT2D eigenvalue weighted by molar-refractivity contribution is 0.215. The van der Waals surface area contributed by atoms with Gasteiger partial charge in [0.2, 0.25) is 0 Å². The third-order valence-corrected chi connectivity index (χ3v) is 3.49. The lowest BCUT2D eigenvalue weighted by Gasteiger charge is -2.24. The van der Waals surface area contributed by atoms with Gasteiger partial charge in [0.15, 0.2) is 0 Å². The Morgan fingerprint density at radius 3 is 2.50 bits per heavy atom. The van der Waals surface area contributed by atoms with Crippen LogP contribution in [0.5, 0.6) is 0 Å². The Morgan fingerprint density at radius 1 is 1.33 bits per heavy atom. The van der Waals surface area contributed by atoms with Crippen molar-refractivity contribution < 1.29 is 0 Å². The van der Waals surface area contributed by atoms with Gasteiger partial charge in [-0.2, -0.15) is 5.10 Å². The molecule has 0 saturated heterocycles. The monoisotopic (exact) mass is 252 g/mol. The number of rotatable bonds is 8. The van der Waals surface area contributed by atoms with Crippen LogP contribution in [0.2, 0.25) is 0 Å². The van der Waals surface area contributed by atoms with Gasteiger partial charge in [0.05, 0.1) is 11.7 Å². The van der Waals surface area contributed by atoms with E-state index in [1.54, 1.807) is 0 Å². The highest BCUT2D eigenvalue weighted by Crippen LogP contribution is 2.15. The van der Waals surface area contributed by atoms with Crippen LogP contribution in [0.3, 0.4) is 0 Å². The molecular weight excluding hydrogens is 224 g/mol. The summed E-state index contributed by atoms with van der Waals surface area (Å²) >= 11 is 0. The Hall–Kier alpha value is -0.870. The van der Waals surface area contributed by atoms with Crippen molar-refractivity contribution in [3.05, 3.63) is 18.0 Å². The number of aromatic nitrogens is 2. The van der Waals surface area contributed by atoms with E-state index in [1.807, 2.05) is 0 Å². The van der Waals surface area contributed by atoms with Crippen molar-refractivity contribution in [2.75, 3.05) is 13.1 Å². The molecule has 0 saturated carbocycles. The van der Waals surface area contributed by atoms with Crippen molar-refractivity contribution >= 4 is 0 Å². The number of nitrogens with zero attached hydrogens (tertiary/aromatic N) is 3. The lowest BCUT2D eigenvalue weighted by Crippen LogP contribution is -2.34. The van der Waals surface area contributed by atoms with Crippen molar-refractivity contribution in [2.45, 2.75) is 59.2 Å². The molecule has 0 bridgehead atoms. The van der Waals surface area contributed by atoms with Gasteiger partial charge in [-0.25, -0.2) is 0 Å². The van der Waals surface area contributed by atoms with Gasteiger partial charge in [0.1, 0.15) is 0 Å². The van der Waals surface area contributed by atoms with Gasteiger partial charge in [0, 0.05) is 31.9 Å². The Morgan fingerprint density at radius 2 is 2.00 bits per heavy atom. The average molecular weight is 252 g/mol. The maximum absolute atomic E-state index is 5.65. The smallest absolute Gasteiger partial charge is 0.0765 e. The van der Waals surface area contributed by atoms with E-state index in [9.17, 15) is 0 Å². The van der Waals surface area contributed by atoms with Crippen LogP contribution in [0.15, 0.2) is 12.3 Å². The largest absolute Gasteiger partial charge is 0.329 e. The van der Waals surface area contributed by atoms with Crippen LogP contribution in [0.25, 0.3) is 0 Å². The highest BCUT2D eigenvalue weighted by atomic mass is 15.3. The first-order valence-electron chi connectivity index (χ1n) is 7.10. The predicted octanol–water partition coefficient (Wildman–Crippen LogP) is 2.41. The van der Waals surface area contributed by atoms with Gasteiger partial charge < -0.3 is 5.73 Å². The van der Waals surface area contributed by atoms with E-state index >= 15 is 0 Å². The second-order valence-electron chi connectivity index (χ2n) is 5.11. The summed E-state index contributed by atoms with van der Waals surface area (Å²) in [6.45, 7) is 11.3. The molecule has 1 rings (SSSR count). The maximum Gasteiger partial charge on any atom is 0.0765 e. The first-order chi connectivity index (χ1) is 8.62. The molecule has 2 N–H and O–H groups in total. The van der Waals surface area contributed by atoms with Gasteiger partial charge in [0.25, 0.3) is 0 Å². The molecule has 0 aliphatic rings. The first kappa shape index (κ1) is 15.2. The summed E-state index contributed by atoms with van der Waals surface area (Å²) in [4.78, 5) is 2.36. The molecule has 0 aliphatic heterocycles. The van der Waals surface area contributed by atoms with Crippen LogP contribution in [0.1, 0.15) is 52.3 Å². The molecule has 0 aromatic carbocycles. The molecule has 104 valence electrons. The highest BCUT2D eigenvalue weighted by Gasteiger charge is 2.12. The number of hydrogen-bond acceptors (Lipinski definition) is 3. The molecule has 0 fully saturated rings. The van der Waals surface area contributed by atoms with Crippen LogP contribution < -0.4 is 5.73 Å². The second-order valence-corrected chi connectivity index (χ2v) is 5.11. The molecule has 0 spiro atoms. The minimum absolute atomic E-state index is 0.506. The summed E-state index contributed by atoms with van der Waals surface area (Å²) in [6, 6.07) is 3.16. The molecule has 18 heavy (non-hydrogen) atoms. The lowest BCUT2D eigenvalue weighted by atomic mass is 10.2. The molecule has 4 heteroatoms. The predicted molar refractivity (Wildman–Crippen MR) is 76.4 cm³/mol. The first-order valence-corrected chi connectivity index (χ1v) is 7.10. The quantitative estimate of drug-likeness (QED) is 0.773. The summed E-state index contributed by atoms with van der Waals surface area (Å²) < 4.78 is 2.11. The van der Waals surface area contributed by atoms with E-state index in [0.717, 1.165) is 31.6 Å². The SMILES string of the molecule is CCC(CC)n1ccc(CN(CCN)C(C)C)n1. The Labute approximate surface area is 111 Å². The van der Waals surface area contributed by atoms with E-state index < -0.39 is 0 Å². The molecule has 0 unspecified atom stereocenters. The molecule has 0 aliphatic carbocycles. The third kappa shape index (κ3) is 4.10. The zero-order valence-corrected chi connectivity index (χ0v) is 12.3. The van der Waals surface area contributed by atoms with Crippen LogP contribution in [0.4, 0.5) is 0 Å². The average Bonchev–Trinajstić information content (AvgIpc) is 2.78. The second kappa shape index (κ2) is 7.54. The normalized spacial score (nSPS) is 12.0. The zero-order valence-electron chi connectivity index (χ0n) is 12.3. The Bertz CT molecular complexity index is 328. The summed E-state index contributed by atoms with van der Waals surface area (Å²) in [5.74, 6) is 0. The Balaban J connectivity index is 2.67. The topological polar surface area (TPSA) is 47.1 Å². The van der Waals surface area contributed by atoms with Crippen LogP contribution in [0, 0.1) is 0 Å². The van der Waals surface area contributed by atoms with Gasteiger partial charge in [-0.1, -0.05) is 13.8 Å². The van der Waals surface area contributed by atoms with E-state index in [2.05, 4.69) is 49.5 Å². The summed E-state index contributed by atoms with van der Waals surface area (Å²) in [7, 11) is 0. The zero-order chi connectivity index (χ0) is 13.5. The minimum atomic E-state index is 0.506. The molecule has 1 aromatic rings. The fraction of sp³-hybridized carbons (Fsp3) is 0.786. The van der Waals surface area contributed by atoms with E-state index in [4.69, 9.17) is 10.8 Å². The van der Waals surface area contributed by atoms with E-state index in [1.165, 1.54) is 0 Å². The molecule has 0 radical (unpaired) electrons. The number of hydrogen-bond donors (Lipinski definition) is 1. The number of nitrogens with two attached hydrogens (primary N) is 1. The maximum atomic E-state index is 5.65. The molecule has 4 nitrogen and oxygen atoms in total. The van der Waals surface area contributed by atoms with E-state index in [0.29, 0.717) is 18.6 Å². The standard InChI is InChI=1S/C14H28N4/c1-5-14(6-2)18-9-7-13(16-18)11-17(10-8-15)12(3)4/h7,9,12,14H,5-6,8,10-11,15H2,1-4H3. The third-order valence-electron chi connectivity index (χ3n) is 3.49. The van der Waals surface area contributed by atoms with E-state index in [-0.39, 0.29) is 0 Å². The van der Waals surface area contributed by atoms with Gasteiger partial charge >= 0.3 is 0 Å². The molecule has 0 atom stereocenters. The van der Waals surface area contributed by atoms with Crippen LogP contribution >= 0.6 is 0 Å². The minimum Gasteiger partial charge on any atom is -0.329 e. The summed E-state index contributed by atoms with van der Waals surface area (Å²) in [5.41, 5.74) is 6.79. The fourth-order valence-corrected chi connectivity index (χ4v) is 2.22. The summed E-state index contributed by atoms with van der Waals surface area (Å²) in [5, 5.41) is 4.69. The van der Waals surface area contributed by atoms with Gasteiger partial charge in [-0.15, -0.1) is 0 Å². The highest BCUT2D eigenvalue weighted by molar-refractivity contribution is 5.00. The Kier molecular flexibility index (Phi) is 6.36. The van der Waals surface area contributed by atoms with Gasteiger partial charge in [-0.05, 0) is 32.8 Å². The van der Waals surface area contributed by atoms with Crippen molar-refractivity contribution in [3.8, 4) is 0 Å².